The molecular formula is C11H15N3O. The zero-order chi connectivity index (χ0) is 10.7. The van der Waals surface area contributed by atoms with Gasteiger partial charge in [-0.15, -0.1) is 0 Å². The number of rotatable bonds is 4. The quantitative estimate of drug-likeness (QED) is 0.748. The summed E-state index contributed by atoms with van der Waals surface area (Å²) in [5.74, 6) is 0. The minimum atomic E-state index is 0.577. The molecule has 0 atom stereocenters. The number of para-hydroxylation sites is 1. The van der Waals surface area contributed by atoms with E-state index >= 15 is 0 Å². The largest absolute Gasteiger partial charge is 0.424 e. The normalized spacial score (nSPS) is 10.8. The van der Waals surface area contributed by atoms with E-state index in [0.29, 0.717) is 12.6 Å². The van der Waals surface area contributed by atoms with Crippen LogP contribution in [0.15, 0.2) is 22.6 Å². The van der Waals surface area contributed by atoms with Crippen LogP contribution in [0.5, 0.6) is 0 Å². The van der Waals surface area contributed by atoms with Crippen LogP contribution in [-0.2, 0) is 0 Å². The molecule has 1 aromatic heterocycles. The second kappa shape index (κ2) is 4.31. The van der Waals surface area contributed by atoms with E-state index in [9.17, 15) is 0 Å². The molecule has 1 heterocycles. The van der Waals surface area contributed by atoms with Gasteiger partial charge in [0, 0.05) is 6.54 Å². The van der Waals surface area contributed by atoms with Crippen molar-refractivity contribution in [1.29, 1.82) is 0 Å². The van der Waals surface area contributed by atoms with Crippen LogP contribution >= 0.6 is 0 Å². The summed E-state index contributed by atoms with van der Waals surface area (Å²) in [5.41, 5.74) is 8.28. The maximum atomic E-state index is 5.53. The van der Waals surface area contributed by atoms with Crippen molar-refractivity contribution in [3.63, 3.8) is 0 Å². The van der Waals surface area contributed by atoms with Crippen molar-refractivity contribution in [2.45, 2.75) is 13.3 Å². The number of aryl methyl sites for hydroxylation is 1. The smallest absolute Gasteiger partial charge is 0.295 e. The maximum Gasteiger partial charge on any atom is 0.295 e. The molecule has 0 spiro atoms. The SMILES string of the molecule is Cc1cccc2oc(NCCCN)nc12. The number of hydrogen-bond acceptors (Lipinski definition) is 4. The fraction of sp³-hybridized carbons (Fsp3) is 0.364. The number of nitrogens with zero attached hydrogens (tertiary/aromatic N) is 1. The third-order valence-electron chi connectivity index (χ3n) is 2.28. The van der Waals surface area contributed by atoms with E-state index in [-0.39, 0.29) is 0 Å². The lowest BCUT2D eigenvalue weighted by Gasteiger charge is -1.97. The first kappa shape index (κ1) is 9.98. The number of fused-ring (bicyclic) bond motifs is 1. The minimum Gasteiger partial charge on any atom is -0.424 e. The van der Waals surface area contributed by atoms with Crippen molar-refractivity contribution >= 4 is 17.1 Å². The summed E-state index contributed by atoms with van der Waals surface area (Å²) in [7, 11) is 0. The van der Waals surface area contributed by atoms with Gasteiger partial charge in [-0.2, -0.15) is 4.98 Å². The lowest BCUT2D eigenvalue weighted by atomic mass is 10.2. The highest BCUT2D eigenvalue weighted by Crippen LogP contribution is 2.21. The third-order valence-corrected chi connectivity index (χ3v) is 2.28. The number of hydrogen-bond donors (Lipinski definition) is 2. The Morgan fingerprint density at radius 2 is 2.33 bits per heavy atom. The van der Waals surface area contributed by atoms with Crippen molar-refractivity contribution in [3.8, 4) is 0 Å². The Labute approximate surface area is 88.5 Å². The second-order valence-electron chi connectivity index (χ2n) is 3.51. The number of aromatic nitrogens is 1. The molecule has 0 aliphatic heterocycles. The molecule has 0 bridgehead atoms. The highest BCUT2D eigenvalue weighted by molar-refractivity contribution is 5.77. The molecule has 3 N–H and O–H groups in total. The number of nitrogens with one attached hydrogen (secondary N) is 1. The first-order chi connectivity index (χ1) is 7.31. The predicted octanol–water partition coefficient (Wildman–Crippen LogP) is 1.90. The zero-order valence-corrected chi connectivity index (χ0v) is 8.79. The van der Waals surface area contributed by atoms with Gasteiger partial charge in [-0.3, -0.25) is 0 Å². The number of benzene rings is 1. The summed E-state index contributed by atoms with van der Waals surface area (Å²) >= 11 is 0. The molecule has 0 aliphatic rings. The first-order valence-corrected chi connectivity index (χ1v) is 5.11. The van der Waals surface area contributed by atoms with Crippen LogP contribution in [-0.4, -0.2) is 18.1 Å². The molecular weight excluding hydrogens is 190 g/mol. The standard InChI is InChI=1S/C11H15N3O/c1-8-4-2-5-9-10(8)14-11(15-9)13-7-3-6-12/h2,4-5H,3,6-7,12H2,1H3,(H,13,14). The summed E-state index contributed by atoms with van der Waals surface area (Å²) in [5, 5.41) is 3.10. The van der Waals surface area contributed by atoms with Gasteiger partial charge in [0.1, 0.15) is 5.52 Å². The van der Waals surface area contributed by atoms with Crippen LogP contribution in [0.25, 0.3) is 11.1 Å². The van der Waals surface area contributed by atoms with Gasteiger partial charge in [0.25, 0.3) is 6.01 Å². The molecule has 0 saturated heterocycles. The van der Waals surface area contributed by atoms with E-state index in [0.717, 1.165) is 29.6 Å². The molecule has 0 unspecified atom stereocenters. The summed E-state index contributed by atoms with van der Waals surface area (Å²) in [4.78, 5) is 4.37. The van der Waals surface area contributed by atoms with Crippen LogP contribution in [0.4, 0.5) is 6.01 Å². The highest BCUT2D eigenvalue weighted by Gasteiger charge is 2.05. The Hall–Kier alpha value is -1.55. The fourth-order valence-corrected chi connectivity index (χ4v) is 1.46. The van der Waals surface area contributed by atoms with E-state index in [1.54, 1.807) is 0 Å². The second-order valence-corrected chi connectivity index (χ2v) is 3.51. The highest BCUT2D eigenvalue weighted by atomic mass is 16.4. The molecule has 0 amide bonds. The van der Waals surface area contributed by atoms with Crippen molar-refractivity contribution in [3.05, 3.63) is 23.8 Å². The Bertz CT molecular complexity index is 450. The lowest BCUT2D eigenvalue weighted by molar-refractivity contribution is 0.612. The molecule has 0 fully saturated rings. The van der Waals surface area contributed by atoms with Crippen molar-refractivity contribution in [2.24, 2.45) is 5.73 Å². The van der Waals surface area contributed by atoms with Gasteiger partial charge in [-0.05, 0) is 31.5 Å². The van der Waals surface area contributed by atoms with Crippen LogP contribution < -0.4 is 11.1 Å². The van der Waals surface area contributed by atoms with Gasteiger partial charge in [-0.1, -0.05) is 12.1 Å². The number of anilines is 1. The Kier molecular flexibility index (Phi) is 2.87. The van der Waals surface area contributed by atoms with Crippen LogP contribution in [0, 0.1) is 6.92 Å². The Morgan fingerprint density at radius 3 is 3.07 bits per heavy atom. The monoisotopic (exact) mass is 205 g/mol. The van der Waals surface area contributed by atoms with Gasteiger partial charge in [0.15, 0.2) is 5.58 Å². The van der Waals surface area contributed by atoms with Gasteiger partial charge in [0.05, 0.1) is 0 Å². The molecule has 15 heavy (non-hydrogen) atoms. The van der Waals surface area contributed by atoms with Crippen LogP contribution in [0.2, 0.25) is 0 Å². The summed E-state index contributed by atoms with van der Waals surface area (Å²) < 4.78 is 5.53. The van der Waals surface area contributed by atoms with Crippen molar-refractivity contribution < 1.29 is 4.42 Å². The Morgan fingerprint density at radius 1 is 1.47 bits per heavy atom. The predicted molar refractivity (Wildman–Crippen MR) is 60.9 cm³/mol. The van der Waals surface area contributed by atoms with E-state index in [2.05, 4.69) is 10.3 Å². The Balaban J connectivity index is 2.20. The fourth-order valence-electron chi connectivity index (χ4n) is 1.46. The van der Waals surface area contributed by atoms with Crippen molar-refractivity contribution in [2.75, 3.05) is 18.4 Å². The molecule has 4 nitrogen and oxygen atoms in total. The maximum absolute atomic E-state index is 5.53. The van der Waals surface area contributed by atoms with E-state index in [1.165, 1.54) is 0 Å². The average Bonchev–Trinajstić information content (AvgIpc) is 2.63. The van der Waals surface area contributed by atoms with Crippen molar-refractivity contribution in [1.82, 2.24) is 4.98 Å². The van der Waals surface area contributed by atoms with E-state index in [4.69, 9.17) is 10.2 Å². The van der Waals surface area contributed by atoms with Crippen LogP contribution in [0.3, 0.4) is 0 Å². The molecule has 0 saturated carbocycles. The third kappa shape index (κ3) is 2.10. The van der Waals surface area contributed by atoms with Gasteiger partial charge < -0.3 is 15.5 Å². The zero-order valence-electron chi connectivity index (χ0n) is 8.79. The molecule has 1 aromatic carbocycles. The first-order valence-electron chi connectivity index (χ1n) is 5.11. The minimum absolute atomic E-state index is 0.577. The number of nitrogens with two attached hydrogens (primary N) is 1. The summed E-state index contributed by atoms with van der Waals surface area (Å²) in [6, 6.07) is 6.48. The molecule has 0 radical (unpaired) electrons. The van der Waals surface area contributed by atoms with E-state index in [1.807, 2.05) is 25.1 Å². The summed E-state index contributed by atoms with van der Waals surface area (Å²) in [6.45, 7) is 3.49. The van der Waals surface area contributed by atoms with Gasteiger partial charge in [-0.25, -0.2) is 0 Å². The molecule has 2 aromatic rings. The molecule has 80 valence electrons. The average molecular weight is 205 g/mol. The topological polar surface area (TPSA) is 64.1 Å². The molecule has 0 aliphatic carbocycles. The van der Waals surface area contributed by atoms with Gasteiger partial charge >= 0.3 is 0 Å². The molecule has 2 rings (SSSR count). The number of oxazole rings is 1. The van der Waals surface area contributed by atoms with Crippen LogP contribution in [0.1, 0.15) is 12.0 Å². The van der Waals surface area contributed by atoms with Gasteiger partial charge in [0.2, 0.25) is 0 Å². The van der Waals surface area contributed by atoms with E-state index < -0.39 is 0 Å². The lowest BCUT2D eigenvalue weighted by Crippen LogP contribution is -2.08. The molecule has 4 heteroatoms. The summed E-state index contributed by atoms with van der Waals surface area (Å²) in [6.07, 6.45) is 0.914.